The van der Waals surface area contributed by atoms with Crippen LogP contribution in [0, 0.1) is 5.92 Å². The van der Waals surface area contributed by atoms with Crippen LogP contribution in [0.2, 0.25) is 5.02 Å². The Kier molecular flexibility index (Phi) is 4.85. The smallest absolute Gasteiger partial charge is 0.366 e. The molecule has 0 atom stereocenters. The third-order valence-corrected chi connectivity index (χ3v) is 2.80. The zero-order chi connectivity index (χ0) is 14.8. The lowest BCUT2D eigenvalue weighted by Gasteiger charge is -2.19. The Morgan fingerprint density at radius 1 is 1.26 bits per heavy atom. The highest BCUT2D eigenvalue weighted by molar-refractivity contribution is 6.31. The first-order valence-electron chi connectivity index (χ1n) is 5.75. The molecule has 0 unspecified atom stereocenters. The van der Waals surface area contributed by atoms with Gasteiger partial charge in [0.1, 0.15) is 5.84 Å². The number of hydrogen-bond acceptors (Lipinski definition) is 1. The quantitative estimate of drug-likeness (QED) is 0.574. The van der Waals surface area contributed by atoms with E-state index < -0.39 is 11.7 Å². The summed E-state index contributed by atoms with van der Waals surface area (Å²) in [6.45, 7) is 3.86. The van der Waals surface area contributed by atoms with Gasteiger partial charge in [-0.1, -0.05) is 25.4 Å². The lowest BCUT2D eigenvalue weighted by molar-refractivity contribution is -0.137. The van der Waals surface area contributed by atoms with Crippen molar-refractivity contribution >= 4 is 23.1 Å². The standard InChI is InChI=1S/C13H16ClF3N2/c1-8(2)12(19(3)4)18-9-5-6-11(14)10(7-9)13(15,16)17/h5-8H,1-4H3. The Labute approximate surface area is 115 Å². The van der Waals surface area contributed by atoms with Crippen LogP contribution in [-0.4, -0.2) is 24.8 Å². The van der Waals surface area contributed by atoms with E-state index in [1.807, 2.05) is 13.8 Å². The van der Waals surface area contributed by atoms with Crippen LogP contribution in [0.5, 0.6) is 0 Å². The number of hydrogen-bond donors (Lipinski definition) is 0. The molecule has 0 aliphatic carbocycles. The van der Waals surface area contributed by atoms with Crippen LogP contribution in [0.1, 0.15) is 19.4 Å². The predicted molar refractivity (Wildman–Crippen MR) is 72.1 cm³/mol. The molecular weight excluding hydrogens is 277 g/mol. The van der Waals surface area contributed by atoms with Crippen molar-refractivity contribution < 1.29 is 13.2 Å². The molecule has 2 nitrogen and oxygen atoms in total. The molecule has 0 N–H and O–H groups in total. The molecule has 1 aromatic carbocycles. The van der Waals surface area contributed by atoms with Crippen LogP contribution >= 0.6 is 11.6 Å². The third kappa shape index (κ3) is 4.13. The summed E-state index contributed by atoms with van der Waals surface area (Å²) >= 11 is 5.56. The molecule has 0 bridgehead atoms. The minimum absolute atomic E-state index is 0.111. The predicted octanol–water partition coefficient (Wildman–Crippen LogP) is 4.61. The summed E-state index contributed by atoms with van der Waals surface area (Å²) in [7, 11) is 3.61. The van der Waals surface area contributed by atoms with Gasteiger partial charge in [0.05, 0.1) is 16.3 Å². The van der Waals surface area contributed by atoms with Crippen LogP contribution in [-0.2, 0) is 6.18 Å². The van der Waals surface area contributed by atoms with Gasteiger partial charge < -0.3 is 4.90 Å². The van der Waals surface area contributed by atoms with Gasteiger partial charge in [-0.05, 0) is 18.2 Å². The summed E-state index contributed by atoms with van der Waals surface area (Å²) in [6, 6.07) is 3.66. The van der Waals surface area contributed by atoms with Crippen LogP contribution in [0.15, 0.2) is 23.2 Å². The van der Waals surface area contributed by atoms with E-state index in [1.165, 1.54) is 12.1 Å². The molecule has 0 aliphatic heterocycles. The number of rotatable bonds is 2. The average Bonchev–Trinajstić information content (AvgIpc) is 2.25. The summed E-state index contributed by atoms with van der Waals surface area (Å²) in [5, 5.41) is -0.317. The Hall–Kier alpha value is -1.23. The fourth-order valence-corrected chi connectivity index (χ4v) is 1.90. The molecule has 1 rings (SSSR count). The SMILES string of the molecule is CC(C)C(=Nc1ccc(Cl)c(C(F)(F)F)c1)N(C)C. The van der Waals surface area contributed by atoms with E-state index in [4.69, 9.17) is 11.6 Å². The molecule has 0 fully saturated rings. The van der Waals surface area contributed by atoms with Gasteiger partial charge in [-0.15, -0.1) is 0 Å². The highest BCUT2D eigenvalue weighted by atomic mass is 35.5. The van der Waals surface area contributed by atoms with E-state index in [2.05, 4.69) is 4.99 Å². The Morgan fingerprint density at radius 2 is 1.84 bits per heavy atom. The number of amidine groups is 1. The zero-order valence-electron chi connectivity index (χ0n) is 11.2. The number of alkyl halides is 3. The largest absolute Gasteiger partial charge is 0.417 e. The molecule has 106 valence electrons. The average molecular weight is 293 g/mol. The van der Waals surface area contributed by atoms with Gasteiger partial charge >= 0.3 is 6.18 Å². The van der Waals surface area contributed by atoms with Crippen molar-refractivity contribution in [3.63, 3.8) is 0 Å². The van der Waals surface area contributed by atoms with Crippen molar-refractivity contribution in [3.8, 4) is 0 Å². The van der Waals surface area contributed by atoms with Gasteiger partial charge in [0, 0.05) is 20.0 Å². The van der Waals surface area contributed by atoms with Crippen LogP contribution in [0.25, 0.3) is 0 Å². The fraction of sp³-hybridized carbons (Fsp3) is 0.462. The van der Waals surface area contributed by atoms with Gasteiger partial charge in [0.15, 0.2) is 0 Å². The first-order valence-corrected chi connectivity index (χ1v) is 6.13. The normalized spacial score (nSPS) is 13.0. The lowest BCUT2D eigenvalue weighted by Crippen LogP contribution is -2.26. The summed E-state index contributed by atoms with van der Waals surface area (Å²) in [5.41, 5.74) is -0.619. The first kappa shape index (κ1) is 15.8. The van der Waals surface area contributed by atoms with E-state index >= 15 is 0 Å². The molecule has 6 heteroatoms. The van der Waals surface area contributed by atoms with Crippen molar-refractivity contribution in [2.45, 2.75) is 20.0 Å². The van der Waals surface area contributed by atoms with E-state index in [9.17, 15) is 13.2 Å². The maximum atomic E-state index is 12.7. The van der Waals surface area contributed by atoms with Gasteiger partial charge in [-0.2, -0.15) is 13.2 Å². The summed E-state index contributed by atoms with van der Waals surface area (Å²) in [6.07, 6.45) is -4.47. The summed E-state index contributed by atoms with van der Waals surface area (Å²) in [5.74, 6) is 0.815. The van der Waals surface area contributed by atoms with Crippen LogP contribution in [0.3, 0.4) is 0 Å². The molecular formula is C13H16ClF3N2. The molecule has 0 aromatic heterocycles. The molecule has 0 spiro atoms. The second-order valence-corrected chi connectivity index (χ2v) is 5.09. The number of nitrogens with zero attached hydrogens (tertiary/aromatic N) is 2. The highest BCUT2D eigenvalue weighted by Gasteiger charge is 2.33. The van der Waals surface area contributed by atoms with Crippen molar-refractivity contribution in [2.24, 2.45) is 10.9 Å². The van der Waals surface area contributed by atoms with Gasteiger partial charge in [-0.25, -0.2) is 4.99 Å². The molecule has 0 saturated carbocycles. The van der Waals surface area contributed by atoms with Crippen molar-refractivity contribution in [1.82, 2.24) is 4.90 Å². The molecule has 0 amide bonds. The number of benzene rings is 1. The van der Waals surface area contributed by atoms with Crippen LogP contribution < -0.4 is 0 Å². The summed E-state index contributed by atoms with van der Waals surface area (Å²) < 4.78 is 38.2. The molecule has 0 aliphatic rings. The van der Waals surface area contributed by atoms with Gasteiger partial charge in [-0.3, -0.25) is 0 Å². The van der Waals surface area contributed by atoms with Crippen molar-refractivity contribution in [3.05, 3.63) is 28.8 Å². The Morgan fingerprint density at radius 3 is 2.26 bits per heavy atom. The van der Waals surface area contributed by atoms with Crippen molar-refractivity contribution in [1.29, 1.82) is 0 Å². The highest BCUT2D eigenvalue weighted by Crippen LogP contribution is 2.36. The number of halogens is 4. The van der Waals surface area contributed by atoms with E-state index in [0.717, 1.165) is 6.07 Å². The number of aliphatic imine (C=N–C) groups is 1. The van der Waals surface area contributed by atoms with Gasteiger partial charge in [0.2, 0.25) is 0 Å². The lowest BCUT2D eigenvalue weighted by atomic mass is 10.1. The van der Waals surface area contributed by atoms with Crippen LogP contribution in [0.4, 0.5) is 18.9 Å². The molecule has 0 heterocycles. The van der Waals surface area contributed by atoms with E-state index in [1.54, 1.807) is 19.0 Å². The first-order chi connectivity index (χ1) is 8.62. The van der Waals surface area contributed by atoms with Crippen molar-refractivity contribution in [2.75, 3.05) is 14.1 Å². The Balaban J connectivity index is 3.26. The zero-order valence-corrected chi connectivity index (χ0v) is 12.0. The van der Waals surface area contributed by atoms with E-state index in [-0.39, 0.29) is 16.6 Å². The van der Waals surface area contributed by atoms with E-state index in [0.29, 0.717) is 5.84 Å². The third-order valence-electron chi connectivity index (χ3n) is 2.47. The second-order valence-electron chi connectivity index (χ2n) is 4.68. The topological polar surface area (TPSA) is 15.6 Å². The van der Waals surface area contributed by atoms with Gasteiger partial charge in [0.25, 0.3) is 0 Å². The maximum absolute atomic E-state index is 12.7. The summed E-state index contributed by atoms with van der Waals surface area (Å²) in [4.78, 5) is 6.04. The minimum Gasteiger partial charge on any atom is -0.366 e. The minimum atomic E-state index is -4.47. The molecule has 1 aromatic rings. The molecule has 0 saturated heterocycles. The molecule has 19 heavy (non-hydrogen) atoms. The monoisotopic (exact) mass is 292 g/mol. The molecule has 0 radical (unpaired) electrons. The Bertz CT molecular complexity index is 469. The maximum Gasteiger partial charge on any atom is 0.417 e. The fourth-order valence-electron chi connectivity index (χ4n) is 1.68. The second kappa shape index (κ2) is 5.82.